The fourth-order valence-corrected chi connectivity index (χ4v) is 5.57. The van der Waals surface area contributed by atoms with Crippen LogP contribution in [0.1, 0.15) is 28.5 Å². The largest absolute Gasteiger partial charge is 0.341 e. The van der Waals surface area contributed by atoms with E-state index in [-0.39, 0.29) is 29.0 Å². The van der Waals surface area contributed by atoms with E-state index in [9.17, 15) is 14.4 Å². The van der Waals surface area contributed by atoms with E-state index >= 15 is 0 Å². The highest BCUT2D eigenvalue weighted by atomic mass is 32.1. The summed E-state index contributed by atoms with van der Waals surface area (Å²) in [5.74, 6) is 0.432. The second-order valence-corrected chi connectivity index (χ2v) is 9.75. The number of hydrogen-bond acceptors (Lipinski definition) is 5. The van der Waals surface area contributed by atoms with Gasteiger partial charge in [0, 0.05) is 41.8 Å². The average Bonchev–Trinajstić information content (AvgIpc) is 3.34. The van der Waals surface area contributed by atoms with Crippen molar-refractivity contribution in [1.29, 1.82) is 5.26 Å². The van der Waals surface area contributed by atoms with E-state index in [0.717, 1.165) is 17.0 Å². The quantitative estimate of drug-likeness (QED) is 0.604. The van der Waals surface area contributed by atoms with Crippen molar-refractivity contribution in [1.82, 2.24) is 9.47 Å². The van der Waals surface area contributed by atoms with Crippen molar-refractivity contribution in [2.24, 2.45) is 5.92 Å². The molecule has 0 spiro atoms. The summed E-state index contributed by atoms with van der Waals surface area (Å²) in [4.78, 5) is 41.4. The van der Waals surface area contributed by atoms with Crippen molar-refractivity contribution in [3.05, 3.63) is 80.4 Å². The second-order valence-electron chi connectivity index (χ2n) is 8.71. The Morgan fingerprint density at radius 3 is 2.76 bits per heavy atom. The van der Waals surface area contributed by atoms with Crippen molar-refractivity contribution >= 4 is 34.6 Å². The van der Waals surface area contributed by atoms with Gasteiger partial charge in [-0.3, -0.25) is 9.59 Å². The molecule has 1 saturated heterocycles. The number of amides is 3. The minimum Gasteiger partial charge on any atom is -0.341 e. The Balaban J connectivity index is 1.29. The number of likely N-dealkylation sites (tertiary alicyclic amines) is 1. The first kappa shape index (κ1) is 21.9. The highest BCUT2D eigenvalue weighted by Gasteiger charge is 2.36. The summed E-state index contributed by atoms with van der Waals surface area (Å²) >= 11 is 1.59. The first-order valence-corrected chi connectivity index (χ1v) is 12.0. The van der Waals surface area contributed by atoms with Gasteiger partial charge in [-0.25, -0.2) is 4.79 Å². The molecule has 1 fully saturated rings. The van der Waals surface area contributed by atoms with Gasteiger partial charge >= 0.3 is 6.03 Å². The fourth-order valence-electron chi connectivity index (χ4n) is 4.87. The Morgan fingerprint density at radius 2 is 1.97 bits per heavy atom. The van der Waals surface area contributed by atoms with Gasteiger partial charge in [-0.1, -0.05) is 12.1 Å². The minimum absolute atomic E-state index is 0.101. The second kappa shape index (κ2) is 9.15. The molecule has 2 unspecified atom stereocenters. The van der Waals surface area contributed by atoms with Crippen LogP contribution < -0.4 is 16.2 Å². The molecular formula is C25H23N5O3S. The van der Waals surface area contributed by atoms with E-state index in [4.69, 9.17) is 5.26 Å². The van der Waals surface area contributed by atoms with Crippen LogP contribution in [0, 0.1) is 17.2 Å². The number of thiophene rings is 1. The van der Waals surface area contributed by atoms with Crippen LogP contribution in [0.4, 0.5) is 16.2 Å². The molecule has 9 heteroatoms. The maximum Gasteiger partial charge on any atom is 0.323 e. The SMILES string of the molecule is N#Cc1cccc(NC(=O)Nc2ccc3n(c2=O)CC2CC3CN(C(=O)Cc3cccs3)C2)c1. The van der Waals surface area contributed by atoms with Gasteiger partial charge in [0.15, 0.2) is 0 Å². The molecular weight excluding hydrogens is 450 g/mol. The van der Waals surface area contributed by atoms with E-state index in [1.165, 1.54) is 0 Å². The third-order valence-corrected chi connectivity index (χ3v) is 7.24. The standard InChI is InChI=1S/C25H23N5O3S/c26-12-16-3-1-4-19(10-16)27-25(33)28-21-6-7-22-18-9-17(14-30(22)24(21)32)13-29(15-18)23(31)11-20-5-2-8-34-20/h1-8,10,17-18H,9,11,13-15H2,(H2,27,28,33). The Bertz CT molecular complexity index is 1340. The van der Waals surface area contributed by atoms with Crippen molar-refractivity contribution in [3.63, 3.8) is 0 Å². The third kappa shape index (κ3) is 4.45. The molecule has 2 N–H and O–H groups in total. The van der Waals surface area contributed by atoms with E-state index in [2.05, 4.69) is 10.6 Å². The van der Waals surface area contributed by atoms with Crippen molar-refractivity contribution in [2.45, 2.75) is 25.3 Å². The zero-order valence-corrected chi connectivity index (χ0v) is 19.2. The van der Waals surface area contributed by atoms with Crippen LogP contribution in [0.3, 0.4) is 0 Å². The van der Waals surface area contributed by atoms with Crippen LogP contribution in [0.2, 0.25) is 0 Å². The Kier molecular flexibility index (Phi) is 5.90. The summed E-state index contributed by atoms with van der Waals surface area (Å²) < 4.78 is 1.74. The number of nitrogens with one attached hydrogen (secondary N) is 2. The number of aromatic nitrogens is 1. The predicted molar refractivity (Wildman–Crippen MR) is 130 cm³/mol. The van der Waals surface area contributed by atoms with Gasteiger partial charge in [0.1, 0.15) is 5.69 Å². The molecule has 172 valence electrons. The molecule has 2 aliphatic heterocycles. The smallest absolute Gasteiger partial charge is 0.323 e. The van der Waals surface area contributed by atoms with Gasteiger partial charge in [0.2, 0.25) is 5.91 Å². The molecule has 1 aromatic carbocycles. The number of carbonyl (C=O) groups is 2. The summed E-state index contributed by atoms with van der Waals surface area (Å²) in [7, 11) is 0. The lowest BCUT2D eigenvalue weighted by atomic mass is 9.83. The third-order valence-electron chi connectivity index (χ3n) is 6.36. The maximum atomic E-state index is 13.2. The Labute approximate surface area is 200 Å². The molecule has 5 rings (SSSR count). The first-order valence-electron chi connectivity index (χ1n) is 11.1. The van der Waals surface area contributed by atoms with E-state index < -0.39 is 6.03 Å². The van der Waals surface area contributed by atoms with Gasteiger partial charge in [-0.2, -0.15) is 5.26 Å². The average molecular weight is 474 g/mol. The maximum absolute atomic E-state index is 13.2. The molecule has 2 aliphatic rings. The molecule has 0 saturated carbocycles. The summed E-state index contributed by atoms with van der Waals surface area (Å²) in [6.45, 7) is 1.76. The lowest BCUT2D eigenvalue weighted by Gasteiger charge is -2.43. The lowest BCUT2D eigenvalue weighted by Crippen LogP contribution is -2.49. The zero-order chi connectivity index (χ0) is 23.7. The first-order chi connectivity index (χ1) is 16.5. The number of pyridine rings is 1. The topological polar surface area (TPSA) is 107 Å². The van der Waals surface area contributed by atoms with Gasteiger partial charge in [-0.15, -0.1) is 11.3 Å². The van der Waals surface area contributed by atoms with Crippen molar-refractivity contribution in [2.75, 3.05) is 23.7 Å². The molecule has 0 radical (unpaired) electrons. The molecule has 4 heterocycles. The Morgan fingerprint density at radius 1 is 1.09 bits per heavy atom. The molecule has 2 atom stereocenters. The number of piperidine rings is 1. The monoisotopic (exact) mass is 473 g/mol. The highest BCUT2D eigenvalue weighted by Crippen LogP contribution is 2.35. The van der Waals surface area contributed by atoms with Crippen LogP contribution >= 0.6 is 11.3 Å². The van der Waals surface area contributed by atoms with Gasteiger partial charge in [0.25, 0.3) is 5.56 Å². The van der Waals surface area contributed by atoms with Crippen LogP contribution in [0.15, 0.2) is 58.7 Å². The lowest BCUT2D eigenvalue weighted by molar-refractivity contribution is -0.133. The van der Waals surface area contributed by atoms with Crippen LogP contribution in [0.25, 0.3) is 0 Å². The van der Waals surface area contributed by atoms with Gasteiger partial charge < -0.3 is 20.1 Å². The number of carbonyl (C=O) groups excluding carboxylic acids is 2. The number of anilines is 2. The molecule has 0 aliphatic carbocycles. The Hall–Kier alpha value is -3.90. The summed E-state index contributed by atoms with van der Waals surface area (Å²) in [6.07, 6.45) is 1.36. The normalized spacial score (nSPS) is 18.5. The minimum atomic E-state index is -0.547. The van der Waals surface area contributed by atoms with E-state index in [1.807, 2.05) is 34.5 Å². The van der Waals surface area contributed by atoms with Crippen LogP contribution in [-0.2, 0) is 17.8 Å². The number of nitriles is 1. The number of rotatable bonds is 4. The van der Waals surface area contributed by atoms with Crippen LogP contribution in [-0.4, -0.2) is 34.5 Å². The number of urea groups is 1. The van der Waals surface area contributed by atoms with Gasteiger partial charge in [-0.05, 0) is 54.1 Å². The van der Waals surface area contributed by atoms with E-state index in [0.29, 0.717) is 37.3 Å². The molecule has 8 nitrogen and oxygen atoms in total. The summed E-state index contributed by atoms with van der Waals surface area (Å²) in [5, 5.41) is 16.3. The number of hydrogen-bond donors (Lipinski definition) is 2. The number of benzene rings is 1. The number of nitrogens with zero attached hydrogens (tertiary/aromatic N) is 3. The molecule has 3 amide bonds. The molecule has 34 heavy (non-hydrogen) atoms. The molecule has 2 bridgehead atoms. The molecule has 2 aromatic heterocycles. The van der Waals surface area contributed by atoms with Crippen molar-refractivity contribution < 1.29 is 9.59 Å². The predicted octanol–water partition coefficient (Wildman–Crippen LogP) is 3.61. The molecule has 3 aromatic rings. The van der Waals surface area contributed by atoms with Crippen LogP contribution in [0.5, 0.6) is 0 Å². The van der Waals surface area contributed by atoms with Crippen molar-refractivity contribution in [3.8, 4) is 6.07 Å². The number of fused-ring (bicyclic) bond motifs is 4. The summed E-state index contributed by atoms with van der Waals surface area (Å²) in [6, 6.07) is 15.5. The highest BCUT2D eigenvalue weighted by molar-refractivity contribution is 7.10. The summed E-state index contributed by atoms with van der Waals surface area (Å²) in [5.41, 5.74) is 1.76. The van der Waals surface area contributed by atoms with Gasteiger partial charge in [0.05, 0.1) is 18.1 Å². The van der Waals surface area contributed by atoms with E-state index in [1.54, 1.807) is 46.2 Å². The fraction of sp³-hybridized carbons (Fsp3) is 0.280. The zero-order valence-electron chi connectivity index (χ0n) is 18.4.